The second-order valence-electron chi connectivity index (χ2n) is 5.17. The van der Waals surface area contributed by atoms with Crippen molar-refractivity contribution >= 4 is 5.91 Å². The highest BCUT2D eigenvalue weighted by Gasteiger charge is 2.30. The van der Waals surface area contributed by atoms with E-state index in [0.29, 0.717) is 25.5 Å². The van der Waals surface area contributed by atoms with Gasteiger partial charge >= 0.3 is 0 Å². The van der Waals surface area contributed by atoms with Crippen molar-refractivity contribution < 1.29 is 9.53 Å². The lowest BCUT2D eigenvalue weighted by atomic mass is 10.1. The molecule has 0 aromatic heterocycles. The maximum absolute atomic E-state index is 11.6. The molecule has 0 aliphatic heterocycles. The van der Waals surface area contributed by atoms with E-state index in [1.54, 1.807) is 0 Å². The van der Waals surface area contributed by atoms with Gasteiger partial charge in [0.1, 0.15) is 0 Å². The van der Waals surface area contributed by atoms with Crippen LogP contribution in [0.2, 0.25) is 0 Å². The number of hydrogen-bond donors (Lipinski definition) is 2. The molecule has 1 aliphatic rings. The summed E-state index contributed by atoms with van der Waals surface area (Å²) in [5.74, 6) is 0.609. The Bertz CT molecular complexity index is 237. The van der Waals surface area contributed by atoms with Gasteiger partial charge in [0.15, 0.2) is 0 Å². The van der Waals surface area contributed by atoms with Crippen molar-refractivity contribution in [2.75, 3.05) is 13.2 Å². The van der Waals surface area contributed by atoms with Gasteiger partial charge in [0, 0.05) is 25.6 Å². The van der Waals surface area contributed by atoms with Gasteiger partial charge in [0.05, 0.1) is 5.60 Å². The largest absolute Gasteiger partial charge is 0.374 e. The molecule has 1 unspecified atom stereocenters. The van der Waals surface area contributed by atoms with Crippen molar-refractivity contribution in [1.82, 2.24) is 5.32 Å². The molecule has 1 fully saturated rings. The van der Waals surface area contributed by atoms with Crippen molar-refractivity contribution in [2.24, 2.45) is 11.7 Å². The zero-order chi connectivity index (χ0) is 12.2. The summed E-state index contributed by atoms with van der Waals surface area (Å²) in [6, 6.07) is 0.0372. The Kier molecular flexibility index (Phi) is 4.74. The minimum absolute atomic E-state index is 0.0344. The molecule has 0 saturated heterocycles. The summed E-state index contributed by atoms with van der Waals surface area (Å²) in [5.41, 5.74) is 5.59. The van der Waals surface area contributed by atoms with Gasteiger partial charge < -0.3 is 15.8 Å². The van der Waals surface area contributed by atoms with Crippen molar-refractivity contribution in [3.8, 4) is 0 Å². The highest BCUT2D eigenvalue weighted by molar-refractivity contribution is 5.76. The van der Waals surface area contributed by atoms with Crippen molar-refractivity contribution in [2.45, 2.75) is 51.7 Å². The summed E-state index contributed by atoms with van der Waals surface area (Å²) < 4.78 is 5.50. The minimum Gasteiger partial charge on any atom is -0.374 e. The molecule has 0 bridgehead atoms. The number of nitrogens with one attached hydrogen (secondary N) is 1. The van der Waals surface area contributed by atoms with Crippen LogP contribution in [0.3, 0.4) is 0 Å². The van der Waals surface area contributed by atoms with Crippen molar-refractivity contribution in [1.29, 1.82) is 0 Å². The van der Waals surface area contributed by atoms with E-state index >= 15 is 0 Å². The van der Waals surface area contributed by atoms with Crippen LogP contribution < -0.4 is 11.1 Å². The highest BCUT2D eigenvalue weighted by atomic mass is 16.5. The molecule has 4 nitrogen and oxygen atoms in total. The molecule has 0 radical (unpaired) electrons. The maximum Gasteiger partial charge on any atom is 0.221 e. The van der Waals surface area contributed by atoms with Crippen LogP contribution >= 0.6 is 0 Å². The molecule has 1 aliphatic carbocycles. The van der Waals surface area contributed by atoms with E-state index in [1.165, 1.54) is 12.8 Å². The second kappa shape index (κ2) is 5.64. The van der Waals surface area contributed by atoms with E-state index in [-0.39, 0.29) is 17.6 Å². The summed E-state index contributed by atoms with van der Waals surface area (Å²) >= 11 is 0. The Morgan fingerprint density at radius 1 is 1.56 bits per heavy atom. The molecule has 16 heavy (non-hydrogen) atoms. The van der Waals surface area contributed by atoms with Crippen LogP contribution in [-0.2, 0) is 9.53 Å². The summed E-state index contributed by atoms with van der Waals surface area (Å²) in [4.78, 5) is 11.6. The van der Waals surface area contributed by atoms with Crippen molar-refractivity contribution in [3.63, 3.8) is 0 Å². The Morgan fingerprint density at radius 2 is 2.19 bits per heavy atom. The van der Waals surface area contributed by atoms with Crippen molar-refractivity contribution in [3.05, 3.63) is 0 Å². The first-order valence-electron chi connectivity index (χ1n) is 6.11. The molecule has 0 aromatic rings. The molecule has 0 heterocycles. The molecule has 94 valence electrons. The van der Waals surface area contributed by atoms with E-state index in [2.05, 4.69) is 5.32 Å². The quantitative estimate of drug-likeness (QED) is 0.684. The van der Waals surface area contributed by atoms with Crippen LogP contribution in [0.4, 0.5) is 0 Å². The molecule has 1 atom stereocenters. The molecular formula is C12H24N2O2. The first-order valence-corrected chi connectivity index (χ1v) is 6.11. The lowest BCUT2D eigenvalue weighted by molar-refractivity contribution is -0.123. The predicted octanol–water partition coefficient (Wildman–Crippen LogP) is 1.05. The minimum atomic E-state index is -0.298. The van der Waals surface area contributed by atoms with Crippen LogP contribution in [0.15, 0.2) is 0 Å². The SMILES string of the molecule is CCOC(C)(C)CNC(=O)CC(N)C1CC1. The fourth-order valence-corrected chi connectivity index (χ4v) is 1.73. The zero-order valence-electron chi connectivity index (χ0n) is 10.6. The predicted molar refractivity (Wildman–Crippen MR) is 64.0 cm³/mol. The van der Waals surface area contributed by atoms with Crippen LogP contribution in [-0.4, -0.2) is 30.7 Å². The van der Waals surface area contributed by atoms with E-state index < -0.39 is 0 Å². The van der Waals surface area contributed by atoms with Gasteiger partial charge in [-0.2, -0.15) is 0 Å². The third kappa shape index (κ3) is 4.94. The van der Waals surface area contributed by atoms with Gasteiger partial charge in [-0.3, -0.25) is 4.79 Å². The van der Waals surface area contributed by atoms with Gasteiger partial charge in [-0.25, -0.2) is 0 Å². The average Bonchev–Trinajstić information content (AvgIpc) is 2.98. The van der Waals surface area contributed by atoms with Gasteiger partial charge in [0.25, 0.3) is 0 Å². The summed E-state index contributed by atoms with van der Waals surface area (Å²) in [5, 5.41) is 2.88. The van der Waals surface area contributed by atoms with Crippen LogP contribution in [0.25, 0.3) is 0 Å². The number of amides is 1. The smallest absolute Gasteiger partial charge is 0.221 e. The summed E-state index contributed by atoms with van der Waals surface area (Å²) in [6.07, 6.45) is 2.80. The molecule has 3 N–H and O–H groups in total. The standard InChI is InChI=1S/C12H24N2O2/c1-4-16-12(2,3)8-14-11(15)7-10(13)9-5-6-9/h9-10H,4-8,13H2,1-3H3,(H,14,15). The highest BCUT2D eigenvalue weighted by Crippen LogP contribution is 2.32. The number of ether oxygens (including phenoxy) is 1. The third-order valence-electron chi connectivity index (χ3n) is 2.89. The second-order valence-corrected chi connectivity index (χ2v) is 5.17. The maximum atomic E-state index is 11.6. The number of nitrogens with two attached hydrogens (primary N) is 1. The molecular weight excluding hydrogens is 204 g/mol. The van der Waals surface area contributed by atoms with Gasteiger partial charge in [-0.1, -0.05) is 0 Å². The van der Waals surface area contributed by atoms with Crippen LogP contribution in [0.1, 0.15) is 40.0 Å². The molecule has 1 rings (SSSR count). The lowest BCUT2D eigenvalue weighted by Gasteiger charge is -2.25. The Hall–Kier alpha value is -0.610. The lowest BCUT2D eigenvalue weighted by Crippen LogP contribution is -2.42. The zero-order valence-corrected chi connectivity index (χ0v) is 10.6. The topological polar surface area (TPSA) is 64.3 Å². The normalized spacial score (nSPS) is 18.2. The monoisotopic (exact) mass is 228 g/mol. The van der Waals surface area contributed by atoms with E-state index in [4.69, 9.17) is 10.5 Å². The first-order chi connectivity index (χ1) is 7.44. The van der Waals surface area contributed by atoms with Crippen LogP contribution in [0, 0.1) is 5.92 Å². The Balaban J connectivity index is 2.18. The number of carbonyl (C=O) groups excluding carboxylic acids is 1. The fraction of sp³-hybridized carbons (Fsp3) is 0.917. The molecule has 0 aromatic carbocycles. The van der Waals surface area contributed by atoms with E-state index in [0.717, 1.165) is 0 Å². The van der Waals surface area contributed by atoms with Gasteiger partial charge in [-0.05, 0) is 39.5 Å². The Labute approximate surface area is 97.9 Å². The first kappa shape index (κ1) is 13.5. The van der Waals surface area contributed by atoms with Crippen LogP contribution in [0.5, 0.6) is 0 Å². The average molecular weight is 228 g/mol. The number of carbonyl (C=O) groups is 1. The molecule has 4 heteroatoms. The third-order valence-corrected chi connectivity index (χ3v) is 2.89. The van der Waals surface area contributed by atoms with E-state index in [1.807, 2.05) is 20.8 Å². The molecule has 1 saturated carbocycles. The number of hydrogen-bond acceptors (Lipinski definition) is 3. The molecule has 0 spiro atoms. The van der Waals surface area contributed by atoms with Gasteiger partial charge in [0.2, 0.25) is 5.91 Å². The number of rotatable bonds is 7. The van der Waals surface area contributed by atoms with Gasteiger partial charge in [-0.15, -0.1) is 0 Å². The summed E-state index contributed by atoms with van der Waals surface area (Å²) in [6.45, 7) is 7.09. The molecule has 1 amide bonds. The van der Waals surface area contributed by atoms with E-state index in [9.17, 15) is 4.79 Å². The Morgan fingerprint density at radius 3 is 2.69 bits per heavy atom. The summed E-state index contributed by atoms with van der Waals surface area (Å²) in [7, 11) is 0. The fourth-order valence-electron chi connectivity index (χ4n) is 1.73.